The minimum atomic E-state index is -2.16. The van der Waals surface area contributed by atoms with Gasteiger partial charge < -0.3 is 34.1 Å². The van der Waals surface area contributed by atoms with Gasteiger partial charge in [-0.05, 0) is 38.0 Å². The number of anilines is 1. The lowest BCUT2D eigenvalue weighted by Gasteiger charge is -2.39. The third kappa shape index (κ3) is 5.43. The van der Waals surface area contributed by atoms with Gasteiger partial charge in [-0.2, -0.15) is 0 Å². The molecule has 4 rings (SSSR count). The number of benzene rings is 1. The van der Waals surface area contributed by atoms with Crippen LogP contribution in [0.5, 0.6) is 5.75 Å². The molecule has 2 saturated heterocycles. The molecular formula is C29H36ClNO9. The highest BCUT2D eigenvalue weighted by Gasteiger charge is 2.64. The van der Waals surface area contributed by atoms with E-state index in [0.29, 0.717) is 17.9 Å². The van der Waals surface area contributed by atoms with Gasteiger partial charge >= 0.3 is 5.97 Å². The number of aliphatic hydroxyl groups is 2. The van der Waals surface area contributed by atoms with Crippen LogP contribution >= 0.6 is 11.6 Å². The van der Waals surface area contributed by atoms with E-state index in [1.165, 1.54) is 25.2 Å². The highest BCUT2D eigenvalue weighted by molar-refractivity contribution is 6.37. The largest absolute Gasteiger partial charge is 0.495 e. The van der Waals surface area contributed by atoms with Gasteiger partial charge in [0.05, 0.1) is 31.4 Å². The van der Waals surface area contributed by atoms with Gasteiger partial charge in [0.15, 0.2) is 5.60 Å². The number of amides is 1. The van der Waals surface area contributed by atoms with Crippen molar-refractivity contribution in [3.8, 4) is 5.75 Å². The molecule has 1 aromatic rings. The third-order valence-electron chi connectivity index (χ3n) is 8.24. The molecule has 0 radical (unpaired) electrons. The van der Waals surface area contributed by atoms with Crippen molar-refractivity contribution in [1.29, 1.82) is 0 Å². The summed E-state index contributed by atoms with van der Waals surface area (Å²) in [6.07, 6.45) is 1.14. The van der Waals surface area contributed by atoms with Gasteiger partial charge in [0, 0.05) is 26.5 Å². The van der Waals surface area contributed by atoms with Crippen molar-refractivity contribution >= 4 is 34.9 Å². The normalized spacial score (nSPS) is 37.2. The van der Waals surface area contributed by atoms with Crippen molar-refractivity contribution in [1.82, 2.24) is 0 Å². The van der Waals surface area contributed by atoms with E-state index in [0.717, 1.165) is 11.1 Å². The fraction of sp³-hybridized carbons (Fsp3) is 0.552. The molecule has 218 valence electrons. The first-order valence-electron chi connectivity index (χ1n) is 13.1. The summed E-state index contributed by atoms with van der Waals surface area (Å²) < 4.78 is 22.2. The number of nitrogens with zero attached hydrogens (tertiary/aromatic N) is 1. The minimum absolute atomic E-state index is 0.220. The molecule has 3 heterocycles. The van der Waals surface area contributed by atoms with Gasteiger partial charge in [-0.25, -0.2) is 4.79 Å². The van der Waals surface area contributed by atoms with Gasteiger partial charge in [-0.3, -0.25) is 9.59 Å². The summed E-state index contributed by atoms with van der Waals surface area (Å²) in [5, 5.41) is 22.8. The number of carbonyl (C=O) groups excluding carboxylic acids is 3. The number of methoxy groups -OCH3 is 2. The van der Waals surface area contributed by atoms with Crippen LogP contribution in [0.4, 0.5) is 5.69 Å². The summed E-state index contributed by atoms with van der Waals surface area (Å²) in [5.41, 5.74) is -1.12. The number of esters is 1. The van der Waals surface area contributed by atoms with Crippen LogP contribution in [0.3, 0.4) is 0 Å². The molecule has 11 heteroatoms. The zero-order valence-corrected chi connectivity index (χ0v) is 24.2. The lowest BCUT2D eigenvalue weighted by molar-refractivity contribution is -0.192. The number of halogens is 1. The Bertz CT molecular complexity index is 1260. The summed E-state index contributed by atoms with van der Waals surface area (Å²) in [5.74, 6) is -2.77. The van der Waals surface area contributed by atoms with Crippen LogP contribution in [0.25, 0.3) is 0 Å². The maximum atomic E-state index is 13.3. The molecule has 1 aromatic carbocycles. The van der Waals surface area contributed by atoms with Crippen LogP contribution in [-0.4, -0.2) is 84.8 Å². The molecular weight excluding hydrogens is 542 g/mol. The van der Waals surface area contributed by atoms with Crippen molar-refractivity contribution in [2.24, 2.45) is 5.92 Å². The first-order chi connectivity index (χ1) is 18.8. The van der Waals surface area contributed by atoms with E-state index >= 15 is 0 Å². The predicted octanol–water partition coefficient (Wildman–Crippen LogP) is 2.55. The minimum Gasteiger partial charge on any atom is -0.495 e. The predicted molar refractivity (Wildman–Crippen MR) is 146 cm³/mol. The molecule has 2 fully saturated rings. The molecule has 40 heavy (non-hydrogen) atoms. The Kier molecular flexibility index (Phi) is 8.50. The van der Waals surface area contributed by atoms with Crippen LogP contribution in [-0.2, 0) is 35.0 Å². The summed E-state index contributed by atoms with van der Waals surface area (Å²) in [6, 6.07) is 3.57. The van der Waals surface area contributed by atoms with Crippen molar-refractivity contribution in [3.63, 3.8) is 0 Å². The van der Waals surface area contributed by atoms with Gasteiger partial charge in [-0.15, -0.1) is 0 Å². The molecule has 1 amide bonds. The van der Waals surface area contributed by atoms with E-state index in [1.807, 2.05) is 6.92 Å². The summed E-state index contributed by atoms with van der Waals surface area (Å²) >= 11 is 6.57. The Hall–Kier alpha value is -2.76. The lowest BCUT2D eigenvalue weighted by atomic mass is 9.78. The van der Waals surface area contributed by atoms with Gasteiger partial charge in [0.1, 0.15) is 28.6 Å². The molecule has 0 aromatic heterocycles. The molecule has 2 N–H and O–H groups in total. The molecule has 10 nitrogen and oxygen atoms in total. The highest BCUT2D eigenvalue weighted by Crippen LogP contribution is 2.48. The first-order valence-corrected chi connectivity index (χ1v) is 13.5. The van der Waals surface area contributed by atoms with Crippen LogP contribution in [0.2, 0.25) is 5.02 Å². The third-order valence-corrected chi connectivity index (χ3v) is 8.62. The fourth-order valence-electron chi connectivity index (χ4n) is 5.59. The van der Waals surface area contributed by atoms with E-state index in [1.54, 1.807) is 45.2 Å². The van der Waals surface area contributed by atoms with Crippen molar-refractivity contribution < 1.29 is 43.5 Å². The van der Waals surface area contributed by atoms with Crippen molar-refractivity contribution in [2.75, 3.05) is 26.2 Å². The van der Waals surface area contributed by atoms with E-state index in [-0.39, 0.29) is 17.9 Å². The van der Waals surface area contributed by atoms with Crippen LogP contribution in [0.1, 0.15) is 39.2 Å². The van der Waals surface area contributed by atoms with E-state index < -0.39 is 59.2 Å². The fourth-order valence-corrected chi connectivity index (χ4v) is 5.90. The first kappa shape index (κ1) is 30.2. The Morgan fingerprint density at radius 3 is 2.55 bits per heavy atom. The van der Waals surface area contributed by atoms with Crippen LogP contribution in [0, 0.1) is 5.92 Å². The second-order valence-corrected chi connectivity index (χ2v) is 11.4. The number of allylic oxidation sites excluding steroid dienone is 3. The summed E-state index contributed by atoms with van der Waals surface area (Å²) in [6.45, 7) is 5.31. The quantitative estimate of drug-likeness (QED) is 0.309. The molecule has 0 aliphatic carbocycles. The zero-order valence-electron chi connectivity index (χ0n) is 23.5. The molecule has 0 saturated carbocycles. The Morgan fingerprint density at radius 1 is 1.20 bits per heavy atom. The van der Waals surface area contributed by atoms with Crippen LogP contribution in [0.15, 0.2) is 35.9 Å². The molecule has 3 aliphatic rings. The number of hydrogen-bond acceptors (Lipinski definition) is 9. The number of ether oxygens (including phenoxy) is 4. The number of aliphatic hydroxyl groups excluding tert-OH is 1. The molecule has 3 aliphatic heterocycles. The molecule has 1 unspecified atom stereocenters. The molecule has 0 spiro atoms. The number of hydrogen-bond donors (Lipinski definition) is 2. The van der Waals surface area contributed by atoms with Gasteiger partial charge in [0.25, 0.3) is 5.78 Å². The highest BCUT2D eigenvalue weighted by atomic mass is 35.5. The van der Waals surface area contributed by atoms with Crippen molar-refractivity contribution in [3.05, 3.63) is 46.5 Å². The molecule has 4 bridgehead atoms. The Labute approximate surface area is 238 Å². The van der Waals surface area contributed by atoms with E-state index in [2.05, 4.69) is 0 Å². The number of rotatable bonds is 2. The maximum absolute atomic E-state index is 13.3. The average molecular weight is 578 g/mol. The second-order valence-electron chi connectivity index (χ2n) is 11.0. The van der Waals surface area contributed by atoms with Crippen LogP contribution < -0.4 is 9.64 Å². The molecule has 7 atom stereocenters. The smallest absolute Gasteiger partial charge is 0.378 e. The van der Waals surface area contributed by atoms with Gasteiger partial charge in [-0.1, -0.05) is 42.3 Å². The monoisotopic (exact) mass is 577 g/mol. The number of fused-ring (bicyclic) bond motifs is 5. The second kappa shape index (κ2) is 11.3. The number of carbonyl (C=O) groups is 3. The Morgan fingerprint density at radius 2 is 1.90 bits per heavy atom. The van der Waals surface area contributed by atoms with E-state index in [4.69, 9.17) is 30.5 Å². The topological polar surface area (TPSA) is 135 Å². The van der Waals surface area contributed by atoms with Gasteiger partial charge in [0.2, 0.25) is 5.91 Å². The average Bonchev–Trinajstić information content (AvgIpc) is 3.61. The van der Waals surface area contributed by atoms with E-state index in [9.17, 15) is 24.6 Å². The SMILES string of the molecule is COc1cc2cc(c1Cl)N(C)C(=O)C[C@H](O)[C@]1(C)OC1[C@H](C)[C@@H]1C[C@@](O)(C(=O)C(=O)O1)[C@H](OC)/C=C/C=C(\C)C2. The Balaban J connectivity index is 1.77. The number of ketones is 1. The van der Waals surface area contributed by atoms with Crippen molar-refractivity contribution in [2.45, 2.75) is 75.7 Å². The summed E-state index contributed by atoms with van der Waals surface area (Å²) in [4.78, 5) is 40.0. The maximum Gasteiger partial charge on any atom is 0.378 e. The summed E-state index contributed by atoms with van der Waals surface area (Å²) in [7, 11) is 4.41. The lowest BCUT2D eigenvalue weighted by Crippen LogP contribution is -2.60. The number of Topliss-reactive ketones (excluding diaryl/α,β-unsaturated/α-hetero) is 1. The standard InChI is InChI=1S/C29H36ClNO9/c1-15-8-7-9-22(38-6)29(36)14-20(39-27(35)25(29)34)16(2)26-28(3,40-26)21(32)13-23(33)31(4)18-11-17(10-15)12-19(37-5)24(18)30/h7-9,11-12,16,20-22,26,32,36H,10,13-14H2,1-6H3/b9-7+,15-8+/t16-,20+,21+,22-,26?,28+,29+/m1/s1. The zero-order chi connectivity index (χ0) is 29.6. The number of epoxide rings is 1.